The summed E-state index contributed by atoms with van der Waals surface area (Å²) in [6.45, 7) is 0.276. The van der Waals surface area contributed by atoms with Gasteiger partial charge in [-0.1, -0.05) is 6.07 Å². The monoisotopic (exact) mass is 294 g/mol. The van der Waals surface area contributed by atoms with Gasteiger partial charge in [-0.2, -0.15) is 5.26 Å². The summed E-state index contributed by atoms with van der Waals surface area (Å²) in [7, 11) is 0. The summed E-state index contributed by atoms with van der Waals surface area (Å²) in [6, 6.07) is 11.7. The van der Waals surface area contributed by atoms with E-state index in [1.165, 1.54) is 18.2 Å². The van der Waals surface area contributed by atoms with Crippen molar-refractivity contribution in [1.82, 2.24) is 14.6 Å². The van der Waals surface area contributed by atoms with Crippen LogP contribution >= 0.6 is 0 Å². The van der Waals surface area contributed by atoms with E-state index >= 15 is 0 Å². The molecule has 0 radical (unpaired) electrons. The van der Waals surface area contributed by atoms with Gasteiger partial charge >= 0.3 is 0 Å². The van der Waals surface area contributed by atoms with Crippen molar-refractivity contribution in [2.45, 2.75) is 6.54 Å². The summed E-state index contributed by atoms with van der Waals surface area (Å²) in [5.74, 6) is 0.634. The molecule has 2 heterocycles. The van der Waals surface area contributed by atoms with Gasteiger partial charge in [-0.3, -0.25) is 14.5 Å². The number of nitro groups is 1. The molecule has 0 saturated heterocycles. The summed E-state index contributed by atoms with van der Waals surface area (Å²) in [5, 5.41) is 30.9. The second-order valence-electron chi connectivity index (χ2n) is 4.50. The maximum atomic E-state index is 11.1. The van der Waals surface area contributed by atoms with E-state index in [-0.39, 0.29) is 17.8 Å². The second kappa shape index (κ2) is 5.49. The Labute approximate surface area is 124 Å². The molecule has 22 heavy (non-hydrogen) atoms. The highest BCUT2D eigenvalue weighted by Crippen LogP contribution is 2.25. The van der Waals surface area contributed by atoms with Gasteiger partial charge in [0.2, 0.25) is 0 Å². The Balaban J connectivity index is 1.88. The molecule has 0 amide bonds. The molecule has 0 saturated carbocycles. The van der Waals surface area contributed by atoms with Gasteiger partial charge in [0, 0.05) is 12.3 Å². The lowest BCUT2D eigenvalue weighted by Gasteiger charge is -2.06. The van der Waals surface area contributed by atoms with Crippen LogP contribution in [0.5, 0.6) is 0 Å². The Kier molecular flexibility index (Phi) is 3.37. The number of hydrogen-bond donors (Lipinski definition) is 1. The van der Waals surface area contributed by atoms with Gasteiger partial charge in [0.05, 0.1) is 23.1 Å². The topological polar surface area (TPSA) is 109 Å². The number of nitro benzene ring substituents is 1. The first-order valence-electron chi connectivity index (χ1n) is 6.40. The van der Waals surface area contributed by atoms with Crippen molar-refractivity contribution >= 4 is 17.0 Å². The highest BCUT2D eigenvalue weighted by Gasteiger charge is 2.15. The van der Waals surface area contributed by atoms with Crippen LogP contribution in [-0.4, -0.2) is 19.5 Å². The normalized spacial score (nSPS) is 10.3. The minimum atomic E-state index is -0.523. The summed E-state index contributed by atoms with van der Waals surface area (Å²) in [4.78, 5) is 10.6. The van der Waals surface area contributed by atoms with Crippen LogP contribution in [0.2, 0.25) is 0 Å². The zero-order valence-corrected chi connectivity index (χ0v) is 11.3. The maximum absolute atomic E-state index is 11.1. The van der Waals surface area contributed by atoms with Crippen molar-refractivity contribution in [3.05, 3.63) is 64.1 Å². The maximum Gasteiger partial charge on any atom is 0.293 e. The number of pyridine rings is 1. The van der Waals surface area contributed by atoms with E-state index in [0.29, 0.717) is 17.2 Å². The van der Waals surface area contributed by atoms with Crippen molar-refractivity contribution in [3.8, 4) is 6.07 Å². The lowest BCUT2D eigenvalue weighted by molar-refractivity contribution is -0.384. The third kappa shape index (κ3) is 2.43. The van der Waals surface area contributed by atoms with E-state index in [4.69, 9.17) is 5.26 Å². The van der Waals surface area contributed by atoms with Crippen LogP contribution in [0.25, 0.3) is 5.65 Å². The average molecular weight is 294 g/mol. The molecule has 1 aromatic carbocycles. The summed E-state index contributed by atoms with van der Waals surface area (Å²) < 4.78 is 1.79. The Hall–Kier alpha value is -3.47. The Morgan fingerprint density at radius 2 is 2.18 bits per heavy atom. The summed E-state index contributed by atoms with van der Waals surface area (Å²) in [6.07, 6.45) is 1.82. The average Bonchev–Trinajstić information content (AvgIpc) is 2.96. The molecule has 0 bridgehead atoms. The molecule has 3 rings (SSSR count). The zero-order valence-electron chi connectivity index (χ0n) is 11.3. The van der Waals surface area contributed by atoms with Crippen LogP contribution in [0.3, 0.4) is 0 Å². The Bertz CT molecular complexity index is 896. The summed E-state index contributed by atoms with van der Waals surface area (Å²) >= 11 is 0. The highest BCUT2D eigenvalue weighted by atomic mass is 16.6. The van der Waals surface area contributed by atoms with Crippen molar-refractivity contribution in [2.24, 2.45) is 0 Å². The number of hydrogen-bond acceptors (Lipinski definition) is 6. The first-order chi connectivity index (χ1) is 10.7. The third-order valence-electron chi connectivity index (χ3n) is 3.14. The van der Waals surface area contributed by atoms with Crippen molar-refractivity contribution in [1.29, 1.82) is 5.26 Å². The number of aromatic nitrogens is 3. The number of fused-ring (bicyclic) bond motifs is 1. The smallest absolute Gasteiger partial charge is 0.293 e. The van der Waals surface area contributed by atoms with Gasteiger partial charge in [0.1, 0.15) is 5.69 Å². The Morgan fingerprint density at radius 3 is 2.95 bits per heavy atom. The molecule has 8 heteroatoms. The van der Waals surface area contributed by atoms with Gasteiger partial charge in [-0.05, 0) is 24.3 Å². The van der Waals surface area contributed by atoms with Crippen LogP contribution in [0.15, 0.2) is 42.6 Å². The lowest BCUT2D eigenvalue weighted by atomic mass is 10.2. The van der Waals surface area contributed by atoms with Crippen molar-refractivity contribution < 1.29 is 4.92 Å². The molecule has 0 aliphatic heterocycles. The first-order valence-corrected chi connectivity index (χ1v) is 6.40. The first kappa shape index (κ1) is 13.5. The van der Waals surface area contributed by atoms with Crippen LogP contribution in [-0.2, 0) is 6.54 Å². The number of nitriles is 1. The van der Waals surface area contributed by atoms with Gasteiger partial charge in [-0.15, -0.1) is 10.2 Å². The SMILES string of the molecule is N#Cc1ccc(NCc2nnc3ccccn23)c([N+](=O)[O-])c1. The minimum absolute atomic E-state index is 0.145. The molecular weight excluding hydrogens is 284 g/mol. The quantitative estimate of drug-likeness (QED) is 0.583. The number of rotatable bonds is 4. The number of nitrogens with one attached hydrogen (secondary N) is 1. The van der Waals surface area contributed by atoms with E-state index in [1.807, 2.05) is 30.5 Å². The molecule has 0 fully saturated rings. The van der Waals surface area contributed by atoms with E-state index in [9.17, 15) is 10.1 Å². The number of nitrogens with zero attached hydrogens (tertiary/aromatic N) is 5. The molecule has 0 spiro atoms. The van der Waals surface area contributed by atoms with Gasteiger partial charge in [0.15, 0.2) is 11.5 Å². The predicted molar refractivity (Wildman–Crippen MR) is 78.1 cm³/mol. The van der Waals surface area contributed by atoms with Crippen LogP contribution in [0, 0.1) is 21.4 Å². The highest BCUT2D eigenvalue weighted by molar-refractivity contribution is 5.64. The molecule has 108 valence electrons. The van der Waals surface area contributed by atoms with Crippen LogP contribution in [0.4, 0.5) is 11.4 Å². The number of benzene rings is 1. The van der Waals surface area contributed by atoms with Crippen LogP contribution < -0.4 is 5.32 Å². The molecule has 8 nitrogen and oxygen atoms in total. The summed E-state index contributed by atoms with van der Waals surface area (Å²) in [5.41, 5.74) is 1.13. The fourth-order valence-electron chi connectivity index (χ4n) is 2.09. The molecule has 3 aromatic rings. The molecule has 2 aromatic heterocycles. The molecule has 0 aliphatic rings. The molecular formula is C14H10N6O2. The molecule has 0 unspecified atom stereocenters. The van der Waals surface area contributed by atoms with Crippen molar-refractivity contribution in [3.63, 3.8) is 0 Å². The minimum Gasteiger partial charge on any atom is -0.372 e. The number of anilines is 1. The molecule has 0 aliphatic carbocycles. The zero-order chi connectivity index (χ0) is 15.5. The Morgan fingerprint density at radius 1 is 1.32 bits per heavy atom. The molecule has 0 atom stereocenters. The fourth-order valence-corrected chi connectivity index (χ4v) is 2.09. The fraction of sp³-hybridized carbons (Fsp3) is 0.0714. The van der Waals surface area contributed by atoms with Crippen LogP contribution in [0.1, 0.15) is 11.4 Å². The third-order valence-corrected chi connectivity index (χ3v) is 3.14. The van der Waals surface area contributed by atoms with Gasteiger partial charge < -0.3 is 5.32 Å². The van der Waals surface area contributed by atoms with Gasteiger partial charge in [0.25, 0.3) is 5.69 Å². The predicted octanol–water partition coefficient (Wildman–Crippen LogP) is 2.12. The van der Waals surface area contributed by atoms with E-state index in [1.54, 1.807) is 4.40 Å². The second-order valence-corrected chi connectivity index (χ2v) is 4.50. The van der Waals surface area contributed by atoms with E-state index in [2.05, 4.69) is 15.5 Å². The largest absolute Gasteiger partial charge is 0.372 e. The standard InChI is InChI=1S/C14H10N6O2/c15-8-10-4-5-11(12(7-10)20(21)22)16-9-14-18-17-13-3-1-2-6-19(13)14/h1-7,16H,9H2. The van der Waals surface area contributed by atoms with Gasteiger partial charge in [-0.25, -0.2) is 0 Å². The van der Waals surface area contributed by atoms with E-state index in [0.717, 1.165) is 0 Å². The molecule has 1 N–H and O–H groups in total. The lowest BCUT2D eigenvalue weighted by Crippen LogP contribution is -2.06. The van der Waals surface area contributed by atoms with E-state index < -0.39 is 4.92 Å². The van der Waals surface area contributed by atoms with Crippen molar-refractivity contribution in [2.75, 3.05) is 5.32 Å².